The van der Waals surface area contributed by atoms with E-state index in [0.29, 0.717) is 6.04 Å². The average molecular weight is 369 g/mol. The van der Waals surface area contributed by atoms with Crippen LogP contribution < -0.4 is 10.1 Å². The van der Waals surface area contributed by atoms with Crippen molar-refractivity contribution in [2.24, 2.45) is 0 Å². The summed E-state index contributed by atoms with van der Waals surface area (Å²) in [6, 6.07) is 14.3. The molecule has 2 rings (SSSR count). The number of ether oxygens (including phenoxy) is 1. The van der Waals surface area contributed by atoms with E-state index in [0.717, 1.165) is 28.2 Å². The number of benzene rings is 2. The molecule has 2 aromatic carbocycles. The van der Waals surface area contributed by atoms with E-state index < -0.39 is 0 Å². The first-order valence-corrected chi connectivity index (χ1v) is 8.06. The number of rotatable bonds is 6. The zero-order chi connectivity index (χ0) is 15.2. The normalized spacial score (nSPS) is 12.2. The number of hydrogen-bond donors (Lipinski definition) is 1. The highest BCUT2D eigenvalue weighted by molar-refractivity contribution is 9.10. The van der Waals surface area contributed by atoms with Gasteiger partial charge in [0.2, 0.25) is 0 Å². The number of halogens is 2. The Balaban J connectivity index is 1.95. The summed E-state index contributed by atoms with van der Waals surface area (Å²) < 4.78 is 6.35. The molecule has 0 fully saturated rings. The SMILES string of the molecule is COc1ccc(Br)c(CNC(C)Cc2ccccc2Cl)c1. The van der Waals surface area contributed by atoms with Gasteiger partial charge >= 0.3 is 0 Å². The van der Waals surface area contributed by atoms with Crippen molar-refractivity contribution >= 4 is 27.5 Å². The summed E-state index contributed by atoms with van der Waals surface area (Å²) in [5.41, 5.74) is 2.35. The molecule has 1 N–H and O–H groups in total. The molecule has 0 radical (unpaired) electrons. The maximum atomic E-state index is 6.20. The van der Waals surface area contributed by atoms with Crippen LogP contribution in [0.15, 0.2) is 46.9 Å². The highest BCUT2D eigenvalue weighted by Crippen LogP contribution is 2.23. The molecule has 112 valence electrons. The van der Waals surface area contributed by atoms with Gasteiger partial charge in [-0.3, -0.25) is 0 Å². The number of methoxy groups -OCH3 is 1. The topological polar surface area (TPSA) is 21.3 Å². The second-order valence-corrected chi connectivity index (χ2v) is 6.30. The van der Waals surface area contributed by atoms with Gasteiger partial charge in [-0.25, -0.2) is 0 Å². The zero-order valence-corrected chi connectivity index (χ0v) is 14.5. The van der Waals surface area contributed by atoms with Crippen LogP contribution >= 0.6 is 27.5 Å². The maximum Gasteiger partial charge on any atom is 0.119 e. The molecule has 1 atom stereocenters. The first-order chi connectivity index (χ1) is 10.1. The summed E-state index contributed by atoms with van der Waals surface area (Å²) in [4.78, 5) is 0. The Hall–Kier alpha value is -1.03. The molecule has 0 heterocycles. The van der Waals surface area contributed by atoms with Gasteiger partial charge < -0.3 is 10.1 Å². The van der Waals surface area contributed by atoms with Gasteiger partial charge in [0.05, 0.1) is 7.11 Å². The van der Waals surface area contributed by atoms with Gasteiger partial charge in [-0.05, 0) is 48.7 Å². The molecular weight excluding hydrogens is 350 g/mol. The van der Waals surface area contributed by atoms with Crippen LogP contribution in [0.2, 0.25) is 5.02 Å². The number of hydrogen-bond acceptors (Lipinski definition) is 2. The van der Waals surface area contributed by atoms with E-state index in [1.165, 1.54) is 11.1 Å². The Labute approximate surface area is 139 Å². The van der Waals surface area contributed by atoms with Crippen LogP contribution in [0, 0.1) is 0 Å². The summed E-state index contributed by atoms with van der Waals surface area (Å²) in [6.45, 7) is 2.95. The van der Waals surface area contributed by atoms with Crippen molar-refractivity contribution in [2.75, 3.05) is 7.11 Å². The summed E-state index contributed by atoms with van der Waals surface area (Å²) in [6.07, 6.45) is 0.904. The Morgan fingerprint density at radius 1 is 1.19 bits per heavy atom. The fourth-order valence-corrected chi connectivity index (χ4v) is 2.76. The molecule has 0 aliphatic carbocycles. The smallest absolute Gasteiger partial charge is 0.119 e. The second-order valence-electron chi connectivity index (χ2n) is 5.03. The molecule has 0 aliphatic heterocycles. The lowest BCUT2D eigenvalue weighted by molar-refractivity contribution is 0.413. The van der Waals surface area contributed by atoms with Crippen molar-refractivity contribution in [1.82, 2.24) is 5.32 Å². The largest absolute Gasteiger partial charge is 0.497 e. The van der Waals surface area contributed by atoms with Crippen molar-refractivity contribution < 1.29 is 4.74 Å². The number of nitrogens with one attached hydrogen (secondary N) is 1. The molecule has 0 amide bonds. The van der Waals surface area contributed by atoms with Crippen LogP contribution in [0.5, 0.6) is 5.75 Å². The molecule has 0 aromatic heterocycles. The fraction of sp³-hybridized carbons (Fsp3) is 0.294. The molecule has 21 heavy (non-hydrogen) atoms. The van der Waals surface area contributed by atoms with Gasteiger partial charge in [0.25, 0.3) is 0 Å². The molecule has 0 bridgehead atoms. The minimum Gasteiger partial charge on any atom is -0.497 e. The van der Waals surface area contributed by atoms with Gasteiger partial charge in [0, 0.05) is 22.1 Å². The monoisotopic (exact) mass is 367 g/mol. The average Bonchev–Trinajstić information content (AvgIpc) is 2.49. The van der Waals surface area contributed by atoms with Gasteiger partial charge in [0.15, 0.2) is 0 Å². The molecule has 0 spiro atoms. The van der Waals surface area contributed by atoms with E-state index in [1.54, 1.807) is 7.11 Å². The Bertz CT molecular complexity index is 603. The third-order valence-electron chi connectivity index (χ3n) is 3.38. The predicted molar refractivity (Wildman–Crippen MR) is 92.2 cm³/mol. The lowest BCUT2D eigenvalue weighted by atomic mass is 10.1. The van der Waals surface area contributed by atoms with E-state index in [1.807, 2.05) is 36.4 Å². The van der Waals surface area contributed by atoms with Crippen LogP contribution in [0.25, 0.3) is 0 Å². The standard InChI is InChI=1S/C17H19BrClNO/c1-12(9-13-5-3-4-6-17(13)19)20-11-14-10-15(21-2)7-8-16(14)18/h3-8,10,12,20H,9,11H2,1-2H3. The Morgan fingerprint density at radius 3 is 2.67 bits per heavy atom. The van der Waals surface area contributed by atoms with Gasteiger partial charge in [-0.2, -0.15) is 0 Å². The first kappa shape index (κ1) is 16.3. The van der Waals surface area contributed by atoms with Crippen LogP contribution in [-0.2, 0) is 13.0 Å². The summed E-state index contributed by atoms with van der Waals surface area (Å²) >= 11 is 9.77. The third-order valence-corrected chi connectivity index (χ3v) is 4.52. The highest BCUT2D eigenvalue weighted by Gasteiger charge is 2.08. The minimum atomic E-state index is 0.336. The minimum absolute atomic E-state index is 0.336. The fourth-order valence-electron chi connectivity index (χ4n) is 2.16. The molecule has 0 aliphatic rings. The van der Waals surface area contributed by atoms with E-state index in [-0.39, 0.29) is 0 Å². The summed E-state index contributed by atoms with van der Waals surface area (Å²) in [7, 11) is 1.68. The van der Waals surface area contributed by atoms with Crippen LogP contribution in [0.4, 0.5) is 0 Å². The van der Waals surface area contributed by atoms with E-state index in [2.05, 4.69) is 34.2 Å². The molecule has 2 aromatic rings. The quantitative estimate of drug-likeness (QED) is 0.788. The second kappa shape index (κ2) is 7.83. The van der Waals surface area contributed by atoms with Crippen LogP contribution in [0.1, 0.15) is 18.1 Å². The lowest BCUT2D eigenvalue weighted by Gasteiger charge is -2.16. The molecular formula is C17H19BrClNO. The Morgan fingerprint density at radius 2 is 1.95 bits per heavy atom. The molecule has 0 saturated carbocycles. The van der Waals surface area contributed by atoms with E-state index in [9.17, 15) is 0 Å². The van der Waals surface area contributed by atoms with E-state index in [4.69, 9.17) is 16.3 Å². The van der Waals surface area contributed by atoms with Crippen molar-refractivity contribution in [3.8, 4) is 5.75 Å². The van der Waals surface area contributed by atoms with Crippen molar-refractivity contribution in [1.29, 1.82) is 0 Å². The van der Waals surface area contributed by atoms with Crippen molar-refractivity contribution in [2.45, 2.75) is 25.9 Å². The van der Waals surface area contributed by atoms with Crippen LogP contribution in [0.3, 0.4) is 0 Å². The summed E-state index contributed by atoms with van der Waals surface area (Å²) in [5, 5.41) is 4.35. The van der Waals surface area contributed by atoms with Gasteiger partial charge in [-0.15, -0.1) is 0 Å². The van der Waals surface area contributed by atoms with E-state index >= 15 is 0 Å². The first-order valence-electron chi connectivity index (χ1n) is 6.89. The summed E-state index contributed by atoms with van der Waals surface area (Å²) in [5.74, 6) is 0.869. The van der Waals surface area contributed by atoms with Crippen molar-refractivity contribution in [3.05, 3.63) is 63.1 Å². The zero-order valence-electron chi connectivity index (χ0n) is 12.2. The van der Waals surface area contributed by atoms with Crippen molar-refractivity contribution in [3.63, 3.8) is 0 Å². The molecule has 0 saturated heterocycles. The molecule has 2 nitrogen and oxygen atoms in total. The molecule has 1 unspecified atom stereocenters. The highest BCUT2D eigenvalue weighted by atomic mass is 79.9. The predicted octanol–water partition coefficient (Wildman–Crippen LogP) is 4.83. The Kier molecular flexibility index (Phi) is 6.09. The maximum absolute atomic E-state index is 6.20. The third kappa shape index (κ3) is 4.73. The van der Waals surface area contributed by atoms with Gasteiger partial charge in [-0.1, -0.05) is 45.7 Å². The van der Waals surface area contributed by atoms with Crippen LogP contribution in [-0.4, -0.2) is 13.2 Å². The lowest BCUT2D eigenvalue weighted by Crippen LogP contribution is -2.27. The molecule has 4 heteroatoms. The van der Waals surface area contributed by atoms with Gasteiger partial charge in [0.1, 0.15) is 5.75 Å².